The summed E-state index contributed by atoms with van der Waals surface area (Å²) in [6.07, 6.45) is -2.25. The highest BCUT2D eigenvalue weighted by Crippen LogP contribution is 2.21. The number of hydrogen-bond acceptors (Lipinski definition) is 10. The lowest BCUT2D eigenvalue weighted by Crippen LogP contribution is -2.58. The normalized spacial score (nSPS) is 14.8. The average Bonchev–Trinajstić information content (AvgIpc) is 3.20. The molecule has 0 radical (unpaired) electrons. The second-order valence-corrected chi connectivity index (χ2v) is 15.2. The number of rotatable bonds is 20. The van der Waals surface area contributed by atoms with Crippen LogP contribution in [0.3, 0.4) is 0 Å². The van der Waals surface area contributed by atoms with Gasteiger partial charge in [0.05, 0.1) is 25.3 Å². The molecule has 0 saturated carbocycles. The third-order valence-corrected chi connectivity index (χ3v) is 9.77. The Balaban J connectivity index is 1.92. The first-order valence-corrected chi connectivity index (χ1v) is 19.6. The first-order chi connectivity index (χ1) is 27.5. The number of ether oxygens (including phenoxy) is 2. The van der Waals surface area contributed by atoms with Crippen LogP contribution < -0.4 is 21.7 Å². The van der Waals surface area contributed by atoms with E-state index in [1.807, 2.05) is 60.7 Å². The van der Waals surface area contributed by atoms with Crippen molar-refractivity contribution in [3.05, 3.63) is 108 Å². The lowest BCUT2D eigenvalue weighted by molar-refractivity contribution is -0.147. The SMILES string of the molecule is COC(=O)C(NC(=O)[C@H](NC(=O)C(Cc1ccccc1)C[C@H](O)[C@H](Cc1ccccc1)NC(=O)[C@H](C)N(C(=O)OCc1ccccc1)C(=O)[C@H](C)N)C(C)C)C(C)C. The first kappa shape index (κ1) is 46.8. The molecule has 0 aliphatic heterocycles. The third-order valence-electron chi connectivity index (χ3n) is 9.77. The lowest BCUT2D eigenvalue weighted by Gasteiger charge is -2.32. The highest BCUT2D eigenvalue weighted by atomic mass is 16.6. The van der Waals surface area contributed by atoms with Crippen molar-refractivity contribution < 1.29 is 43.3 Å². The molecule has 3 rings (SSSR count). The second-order valence-electron chi connectivity index (χ2n) is 15.2. The zero-order valence-corrected chi connectivity index (χ0v) is 34.4. The number of carbonyl (C=O) groups excluding carboxylic acids is 6. The van der Waals surface area contributed by atoms with Crippen LogP contribution >= 0.6 is 0 Å². The number of carbonyl (C=O) groups is 6. The number of nitrogens with zero attached hydrogens (tertiary/aromatic N) is 1. The predicted molar refractivity (Wildman–Crippen MR) is 218 cm³/mol. The molecule has 0 heterocycles. The van der Waals surface area contributed by atoms with Gasteiger partial charge in [0.15, 0.2) is 0 Å². The number of hydrogen-bond donors (Lipinski definition) is 5. The van der Waals surface area contributed by atoms with Gasteiger partial charge < -0.3 is 36.3 Å². The van der Waals surface area contributed by atoms with Crippen molar-refractivity contribution in [2.45, 2.75) is 104 Å². The highest BCUT2D eigenvalue weighted by molar-refractivity contribution is 6.00. The topological polar surface area (TPSA) is 206 Å². The minimum Gasteiger partial charge on any atom is -0.467 e. The second kappa shape index (κ2) is 23.0. The van der Waals surface area contributed by atoms with E-state index in [1.165, 1.54) is 21.0 Å². The molecule has 0 aromatic heterocycles. The van der Waals surface area contributed by atoms with Crippen molar-refractivity contribution in [3.63, 3.8) is 0 Å². The van der Waals surface area contributed by atoms with E-state index in [-0.39, 0.29) is 37.7 Å². The van der Waals surface area contributed by atoms with Gasteiger partial charge in [0, 0.05) is 5.92 Å². The van der Waals surface area contributed by atoms with Gasteiger partial charge in [-0.3, -0.25) is 19.2 Å². The van der Waals surface area contributed by atoms with Crippen molar-refractivity contribution >= 4 is 35.7 Å². The average molecular weight is 802 g/mol. The zero-order valence-electron chi connectivity index (χ0n) is 34.4. The minimum absolute atomic E-state index is 0.126. The van der Waals surface area contributed by atoms with Gasteiger partial charge in [-0.15, -0.1) is 0 Å². The molecule has 7 atom stereocenters. The molecule has 0 aliphatic carbocycles. The monoisotopic (exact) mass is 801 g/mol. The van der Waals surface area contributed by atoms with Crippen LogP contribution in [0.1, 0.15) is 64.7 Å². The van der Waals surface area contributed by atoms with E-state index >= 15 is 0 Å². The van der Waals surface area contributed by atoms with Crippen LogP contribution in [-0.2, 0) is 52.9 Å². The summed E-state index contributed by atoms with van der Waals surface area (Å²) >= 11 is 0. The van der Waals surface area contributed by atoms with Crippen molar-refractivity contribution in [1.29, 1.82) is 0 Å². The fourth-order valence-corrected chi connectivity index (χ4v) is 6.33. The van der Waals surface area contributed by atoms with E-state index in [2.05, 4.69) is 16.0 Å². The Labute approximate surface area is 341 Å². The molecule has 0 spiro atoms. The Hall–Kier alpha value is -5.60. The number of methoxy groups -OCH3 is 1. The van der Waals surface area contributed by atoms with Crippen LogP contribution in [-0.4, -0.2) is 89.1 Å². The van der Waals surface area contributed by atoms with E-state index in [4.69, 9.17) is 15.2 Å². The van der Waals surface area contributed by atoms with Gasteiger partial charge in [-0.2, -0.15) is 0 Å². The minimum atomic E-state index is -1.40. The molecule has 14 heteroatoms. The lowest BCUT2D eigenvalue weighted by atomic mass is 9.88. The van der Waals surface area contributed by atoms with Crippen LogP contribution in [0.25, 0.3) is 0 Å². The van der Waals surface area contributed by atoms with Crippen LogP contribution in [0.4, 0.5) is 4.79 Å². The number of nitrogens with one attached hydrogen (secondary N) is 3. The Kier molecular flexibility index (Phi) is 18.5. The van der Waals surface area contributed by atoms with E-state index in [0.717, 1.165) is 11.1 Å². The molecular formula is C44H59N5O9. The van der Waals surface area contributed by atoms with Crippen LogP contribution in [0, 0.1) is 17.8 Å². The summed E-state index contributed by atoms with van der Waals surface area (Å²) in [5.74, 6) is -4.88. The molecule has 2 unspecified atom stereocenters. The van der Waals surface area contributed by atoms with Gasteiger partial charge in [0.25, 0.3) is 0 Å². The fraction of sp³-hybridized carbons (Fsp3) is 0.455. The van der Waals surface area contributed by atoms with Crippen molar-refractivity contribution in [3.8, 4) is 0 Å². The van der Waals surface area contributed by atoms with Crippen LogP contribution in [0.15, 0.2) is 91.0 Å². The number of aliphatic hydroxyl groups excluding tert-OH is 1. The number of nitrogens with two attached hydrogens (primary N) is 1. The van der Waals surface area contributed by atoms with Crippen molar-refractivity contribution in [1.82, 2.24) is 20.9 Å². The van der Waals surface area contributed by atoms with Gasteiger partial charge in [0.2, 0.25) is 23.6 Å². The summed E-state index contributed by atoms with van der Waals surface area (Å²) < 4.78 is 10.3. The molecule has 3 aromatic rings. The van der Waals surface area contributed by atoms with Crippen molar-refractivity contribution in [2.75, 3.05) is 7.11 Å². The Morgan fingerprint density at radius 1 is 0.655 bits per heavy atom. The van der Waals surface area contributed by atoms with Crippen LogP contribution in [0.2, 0.25) is 0 Å². The standard InChI is InChI=1S/C44H59N5O9/c1-27(2)37(41(53)48-38(28(3)4)43(55)57-7)47-40(52)34(23-31-17-11-8-12-18-31)25-36(50)35(24-32-19-13-9-14-20-32)46-39(51)30(6)49(42(54)29(5)45)44(56)58-26-33-21-15-10-16-22-33/h8-22,27-30,34-38,50H,23-26,45H2,1-7H3,(H,46,51)(H,47,52)(H,48,53)/t29-,30-,34?,35-,36-,37+,38?/m0/s1. The molecule has 6 N–H and O–H groups in total. The summed E-state index contributed by atoms with van der Waals surface area (Å²) in [5, 5.41) is 20.4. The molecule has 0 bridgehead atoms. The molecule has 314 valence electrons. The number of imide groups is 1. The van der Waals surface area contributed by atoms with E-state index < -0.39 is 77.9 Å². The van der Waals surface area contributed by atoms with Gasteiger partial charge in [-0.25, -0.2) is 14.5 Å². The summed E-state index contributed by atoms with van der Waals surface area (Å²) in [6.45, 7) is 9.64. The molecule has 0 fully saturated rings. The first-order valence-electron chi connectivity index (χ1n) is 19.6. The molecule has 58 heavy (non-hydrogen) atoms. The number of aliphatic hydroxyl groups is 1. The largest absolute Gasteiger partial charge is 0.467 e. The summed E-state index contributed by atoms with van der Waals surface area (Å²) in [4.78, 5) is 81.4. The zero-order chi connectivity index (χ0) is 42.9. The maximum Gasteiger partial charge on any atom is 0.417 e. The Morgan fingerprint density at radius 3 is 1.62 bits per heavy atom. The molecule has 0 saturated heterocycles. The van der Waals surface area contributed by atoms with Gasteiger partial charge in [-0.1, -0.05) is 119 Å². The quantitative estimate of drug-likeness (QED) is 0.105. The van der Waals surface area contributed by atoms with E-state index in [9.17, 15) is 33.9 Å². The summed E-state index contributed by atoms with van der Waals surface area (Å²) in [5.41, 5.74) is 8.11. The summed E-state index contributed by atoms with van der Waals surface area (Å²) in [6, 6.07) is 21.5. The van der Waals surface area contributed by atoms with Crippen molar-refractivity contribution in [2.24, 2.45) is 23.5 Å². The van der Waals surface area contributed by atoms with Gasteiger partial charge in [-0.05, 0) is 61.6 Å². The fourth-order valence-electron chi connectivity index (χ4n) is 6.33. The van der Waals surface area contributed by atoms with E-state index in [0.29, 0.717) is 10.5 Å². The maximum absolute atomic E-state index is 14.2. The molecular weight excluding hydrogens is 743 g/mol. The van der Waals surface area contributed by atoms with Gasteiger partial charge >= 0.3 is 12.1 Å². The third kappa shape index (κ3) is 14.1. The number of esters is 1. The molecule has 14 nitrogen and oxygen atoms in total. The maximum atomic E-state index is 14.2. The molecule has 0 aliphatic rings. The molecule has 5 amide bonds. The highest BCUT2D eigenvalue weighted by Gasteiger charge is 2.38. The number of amides is 5. The molecule has 3 aromatic carbocycles. The Morgan fingerprint density at radius 2 is 1.14 bits per heavy atom. The van der Waals surface area contributed by atoms with Crippen LogP contribution in [0.5, 0.6) is 0 Å². The predicted octanol–water partition coefficient (Wildman–Crippen LogP) is 3.68. The van der Waals surface area contributed by atoms with E-state index in [1.54, 1.807) is 58.0 Å². The summed E-state index contributed by atoms with van der Waals surface area (Å²) in [7, 11) is 1.23. The number of benzene rings is 3. The Bertz CT molecular complexity index is 1790. The van der Waals surface area contributed by atoms with Gasteiger partial charge in [0.1, 0.15) is 24.7 Å². The smallest absolute Gasteiger partial charge is 0.417 e.